The molecule has 3 aromatic heterocycles. The highest BCUT2D eigenvalue weighted by Crippen LogP contribution is 2.38. The van der Waals surface area contributed by atoms with Crippen LogP contribution in [0.4, 0.5) is 6.01 Å². The van der Waals surface area contributed by atoms with Gasteiger partial charge in [0.1, 0.15) is 8.55 Å². The van der Waals surface area contributed by atoms with E-state index in [2.05, 4.69) is 15.5 Å². The monoisotopic (exact) mass is 492 g/mol. The zero-order valence-electron chi connectivity index (χ0n) is 14.7. The topological polar surface area (TPSA) is 105 Å². The van der Waals surface area contributed by atoms with Gasteiger partial charge < -0.3 is 4.42 Å². The summed E-state index contributed by atoms with van der Waals surface area (Å²) in [5.74, 6) is -0.757. The number of anilines is 1. The Hall–Kier alpha value is -1.50. The predicted molar refractivity (Wildman–Crippen MR) is 112 cm³/mol. The van der Waals surface area contributed by atoms with Gasteiger partial charge in [-0.2, -0.15) is 4.31 Å². The maximum atomic E-state index is 12.7. The van der Waals surface area contributed by atoms with Crippen LogP contribution in [-0.2, 0) is 14.8 Å². The van der Waals surface area contributed by atoms with Gasteiger partial charge in [0.15, 0.2) is 0 Å². The summed E-state index contributed by atoms with van der Waals surface area (Å²) in [6.07, 6.45) is 1.15. The van der Waals surface area contributed by atoms with Crippen molar-refractivity contribution in [2.75, 3.05) is 18.4 Å². The van der Waals surface area contributed by atoms with Crippen LogP contribution in [0.15, 0.2) is 32.2 Å². The number of nitrogens with one attached hydrogen (secondary N) is 1. The van der Waals surface area contributed by atoms with Crippen molar-refractivity contribution >= 4 is 67.8 Å². The molecule has 1 fully saturated rings. The molecule has 0 bridgehead atoms. The van der Waals surface area contributed by atoms with Crippen molar-refractivity contribution in [2.24, 2.45) is 5.92 Å². The highest BCUT2D eigenvalue weighted by molar-refractivity contribution is 7.91. The van der Waals surface area contributed by atoms with Gasteiger partial charge in [-0.15, -0.1) is 27.8 Å². The molecule has 1 saturated heterocycles. The highest BCUT2D eigenvalue weighted by atomic mass is 35.5. The van der Waals surface area contributed by atoms with Gasteiger partial charge in [-0.25, -0.2) is 8.42 Å². The molecule has 1 N–H and O–H groups in total. The molecule has 13 heteroatoms. The van der Waals surface area contributed by atoms with Crippen molar-refractivity contribution in [3.63, 3.8) is 0 Å². The molecule has 0 unspecified atom stereocenters. The Morgan fingerprint density at radius 2 is 2.17 bits per heavy atom. The molecule has 1 amide bonds. The molecule has 0 saturated carbocycles. The van der Waals surface area contributed by atoms with Crippen LogP contribution in [0, 0.1) is 5.92 Å². The number of halogens is 2. The second-order valence-electron chi connectivity index (χ2n) is 6.27. The van der Waals surface area contributed by atoms with Crippen LogP contribution in [0.1, 0.15) is 12.8 Å². The molecule has 4 rings (SSSR count). The van der Waals surface area contributed by atoms with Crippen LogP contribution >= 0.6 is 45.9 Å². The number of carbonyl (C=O) groups excluding carboxylic acids is 1. The lowest BCUT2D eigenvalue weighted by atomic mass is 9.99. The number of amides is 1. The first-order valence-corrected chi connectivity index (χ1v) is 12.4. The van der Waals surface area contributed by atoms with Crippen molar-refractivity contribution in [1.29, 1.82) is 0 Å². The zero-order chi connectivity index (χ0) is 20.6. The van der Waals surface area contributed by atoms with Crippen LogP contribution in [0.5, 0.6) is 0 Å². The minimum atomic E-state index is -3.60. The Labute approximate surface area is 184 Å². The van der Waals surface area contributed by atoms with Gasteiger partial charge in [0, 0.05) is 13.1 Å². The smallest absolute Gasteiger partial charge is 0.322 e. The zero-order valence-corrected chi connectivity index (χ0v) is 18.6. The van der Waals surface area contributed by atoms with Crippen LogP contribution in [0.25, 0.3) is 11.5 Å². The third-order valence-corrected chi connectivity index (χ3v) is 9.11. The van der Waals surface area contributed by atoms with Gasteiger partial charge in [0.25, 0.3) is 15.9 Å². The lowest BCUT2D eigenvalue weighted by molar-refractivity contribution is -0.121. The quantitative estimate of drug-likeness (QED) is 0.571. The third-order valence-electron chi connectivity index (χ3n) is 4.39. The van der Waals surface area contributed by atoms with E-state index < -0.39 is 15.9 Å². The van der Waals surface area contributed by atoms with E-state index in [1.54, 1.807) is 23.6 Å². The number of carbonyl (C=O) groups is 1. The highest BCUT2D eigenvalue weighted by Gasteiger charge is 2.34. The van der Waals surface area contributed by atoms with Gasteiger partial charge in [-0.1, -0.05) is 34.4 Å². The first-order chi connectivity index (χ1) is 13.8. The Kier molecular flexibility index (Phi) is 5.96. The molecule has 1 aliphatic heterocycles. The van der Waals surface area contributed by atoms with E-state index in [9.17, 15) is 13.2 Å². The first-order valence-electron chi connectivity index (χ1n) is 8.48. The normalized spacial score (nSPS) is 18.1. The van der Waals surface area contributed by atoms with E-state index in [-0.39, 0.29) is 28.6 Å². The molecule has 1 atom stereocenters. The fourth-order valence-corrected chi connectivity index (χ4v) is 7.10. The lowest BCUT2D eigenvalue weighted by Gasteiger charge is -2.30. The molecular formula is C16H14Cl2N4O4S3. The maximum absolute atomic E-state index is 12.7. The molecule has 3 aromatic rings. The number of sulfonamides is 1. The Morgan fingerprint density at radius 3 is 2.86 bits per heavy atom. The fourth-order valence-electron chi connectivity index (χ4n) is 2.99. The van der Waals surface area contributed by atoms with E-state index in [0.29, 0.717) is 33.6 Å². The molecule has 154 valence electrons. The molecule has 0 aliphatic carbocycles. The largest absolute Gasteiger partial charge is 0.403 e. The molecule has 0 spiro atoms. The van der Waals surface area contributed by atoms with Crippen LogP contribution < -0.4 is 5.32 Å². The van der Waals surface area contributed by atoms with Crippen molar-refractivity contribution < 1.29 is 17.6 Å². The van der Waals surface area contributed by atoms with Gasteiger partial charge >= 0.3 is 6.01 Å². The van der Waals surface area contributed by atoms with E-state index in [4.69, 9.17) is 27.6 Å². The minimum Gasteiger partial charge on any atom is -0.403 e. The average molecular weight is 493 g/mol. The number of aromatic nitrogens is 2. The molecule has 0 radical (unpaired) electrons. The van der Waals surface area contributed by atoms with E-state index >= 15 is 0 Å². The lowest BCUT2D eigenvalue weighted by Crippen LogP contribution is -2.43. The maximum Gasteiger partial charge on any atom is 0.322 e. The molecule has 29 heavy (non-hydrogen) atoms. The van der Waals surface area contributed by atoms with Crippen molar-refractivity contribution in [1.82, 2.24) is 14.5 Å². The number of rotatable bonds is 5. The van der Waals surface area contributed by atoms with Gasteiger partial charge in [0.2, 0.25) is 5.91 Å². The number of hydrogen-bond acceptors (Lipinski definition) is 8. The summed E-state index contributed by atoms with van der Waals surface area (Å²) in [5.41, 5.74) is 0.487. The van der Waals surface area contributed by atoms with Crippen LogP contribution in [0.2, 0.25) is 8.67 Å². The number of nitrogens with zero attached hydrogens (tertiary/aromatic N) is 3. The van der Waals surface area contributed by atoms with Crippen LogP contribution in [-0.4, -0.2) is 41.9 Å². The molecule has 8 nitrogen and oxygen atoms in total. The standard InChI is InChI=1S/C16H14Cl2N4O4S3/c17-11-7-10(13(18)28-11)15-20-21-16(26-15)19-14(23)9-3-1-5-22(8-9)29(24,25)12-4-2-6-27-12/h2,4,6-7,9H,1,3,5,8H2,(H,19,21,23)/t9-/m1/s1. The second kappa shape index (κ2) is 8.32. The van der Waals surface area contributed by atoms with Gasteiger partial charge in [-0.05, 0) is 30.4 Å². The summed E-state index contributed by atoms with van der Waals surface area (Å²) < 4.78 is 33.4. The first kappa shape index (κ1) is 20.8. The number of piperidine rings is 1. The minimum absolute atomic E-state index is 0.0818. The molecule has 1 aliphatic rings. The summed E-state index contributed by atoms with van der Waals surface area (Å²) in [4.78, 5) is 12.6. The van der Waals surface area contributed by atoms with Crippen LogP contribution in [0.3, 0.4) is 0 Å². The summed E-state index contributed by atoms with van der Waals surface area (Å²) in [7, 11) is -3.60. The summed E-state index contributed by atoms with van der Waals surface area (Å²) >= 11 is 14.3. The predicted octanol–water partition coefficient (Wildman–Crippen LogP) is 4.21. The fraction of sp³-hybridized carbons (Fsp3) is 0.312. The Bertz CT molecular complexity index is 1130. The second-order valence-corrected chi connectivity index (χ2v) is 11.7. The van der Waals surface area contributed by atoms with Crippen molar-refractivity contribution in [3.8, 4) is 11.5 Å². The third kappa shape index (κ3) is 4.35. The number of thiophene rings is 2. The Morgan fingerprint density at radius 1 is 1.34 bits per heavy atom. The van der Waals surface area contributed by atoms with Crippen molar-refractivity contribution in [3.05, 3.63) is 32.3 Å². The number of hydrogen-bond donors (Lipinski definition) is 1. The van der Waals surface area contributed by atoms with E-state index in [1.807, 2.05) is 0 Å². The average Bonchev–Trinajstić information content (AvgIpc) is 3.43. The molecule has 4 heterocycles. The van der Waals surface area contributed by atoms with Gasteiger partial charge in [0.05, 0.1) is 15.8 Å². The summed E-state index contributed by atoms with van der Waals surface area (Å²) in [6.45, 7) is 0.477. The SMILES string of the molecule is O=C(Nc1nnc(-c2cc(Cl)sc2Cl)o1)[C@@H]1CCCN(S(=O)(=O)c2cccs2)C1. The Balaban J connectivity index is 1.44. The van der Waals surface area contributed by atoms with E-state index in [0.717, 1.165) is 11.3 Å². The summed E-state index contributed by atoms with van der Waals surface area (Å²) in [5, 5.41) is 12.0. The van der Waals surface area contributed by atoms with Crippen molar-refractivity contribution in [2.45, 2.75) is 17.1 Å². The molecule has 0 aromatic carbocycles. The van der Waals surface area contributed by atoms with Gasteiger partial charge in [-0.3, -0.25) is 10.1 Å². The molecular weight excluding hydrogens is 479 g/mol. The summed E-state index contributed by atoms with van der Waals surface area (Å²) in [6, 6.07) is 4.76. The van der Waals surface area contributed by atoms with E-state index in [1.165, 1.54) is 15.6 Å².